The van der Waals surface area contributed by atoms with Crippen LogP contribution in [0.2, 0.25) is 0 Å². The van der Waals surface area contributed by atoms with Gasteiger partial charge in [-0.05, 0) is 31.2 Å². The van der Waals surface area contributed by atoms with Crippen molar-refractivity contribution >= 4 is 5.91 Å². The van der Waals surface area contributed by atoms with Gasteiger partial charge in [0.2, 0.25) is 5.91 Å². The van der Waals surface area contributed by atoms with Gasteiger partial charge in [-0.1, -0.05) is 13.8 Å². The van der Waals surface area contributed by atoms with Crippen LogP contribution in [0.1, 0.15) is 26.7 Å². The van der Waals surface area contributed by atoms with Gasteiger partial charge in [0.05, 0.1) is 6.54 Å². The second kappa shape index (κ2) is 5.35. The van der Waals surface area contributed by atoms with Crippen LogP contribution >= 0.6 is 0 Å². The highest BCUT2D eigenvalue weighted by atomic mass is 16.2. The molecular weight excluding hydrogens is 176 g/mol. The molecule has 0 aromatic rings. The average Bonchev–Trinajstić information content (AvgIpc) is 2.82. The molecule has 82 valence electrons. The van der Waals surface area contributed by atoms with Gasteiger partial charge in [0.1, 0.15) is 0 Å². The summed E-state index contributed by atoms with van der Waals surface area (Å²) < 4.78 is 0. The van der Waals surface area contributed by atoms with E-state index in [1.54, 1.807) is 0 Å². The molecule has 0 heterocycles. The van der Waals surface area contributed by atoms with E-state index >= 15 is 0 Å². The molecule has 2 unspecified atom stereocenters. The summed E-state index contributed by atoms with van der Waals surface area (Å²) in [5.41, 5.74) is 0. The van der Waals surface area contributed by atoms with E-state index in [0.29, 0.717) is 6.54 Å². The van der Waals surface area contributed by atoms with Crippen LogP contribution in [-0.4, -0.2) is 37.5 Å². The Morgan fingerprint density at radius 1 is 1.57 bits per heavy atom. The molecule has 0 aromatic heterocycles. The maximum Gasteiger partial charge on any atom is 0.236 e. The predicted molar refractivity (Wildman–Crippen MR) is 58.1 cm³/mol. The topological polar surface area (TPSA) is 32.3 Å². The van der Waals surface area contributed by atoms with Gasteiger partial charge in [0.15, 0.2) is 0 Å². The predicted octanol–water partition coefficient (Wildman–Crippen LogP) is 1.10. The molecule has 0 bridgehead atoms. The summed E-state index contributed by atoms with van der Waals surface area (Å²) >= 11 is 0. The van der Waals surface area contributed by atoms with Crippen molar-refractivity contribution in [2.75, 3.05) is 26.7 Å². The minimum atomic E-state index is 0.220. The molecule has 1 rings (SSSR count). The summed E-state index contributed by atoms with van der Waals surface area (Å²) in [5, 5.41) is 3.13. The molecule has 3 heteroatoms. The van der Waals surface area contributed by atoms with E-state index in [1.165, 1.54) is 6.42 Å². The Balaban J connectivity index is 2.09. The quantitative estimate of drug-likeness (QED) is 0.648. The van der Waals surface area contributed by atoms with Gasteiger partial charge in [-0.15, -0.1) is 0 Å². The molecule has 1 saturated carbocycles. The van der Waals surface area contributed by atoms with Crippen molar-refractivity contribution in [3.63, 3.8) is 0 Å². The van der Waals surface area contributed by atoms with Crippen LogP contribution in [0.3, 0.4) is 0 Å². The highest BCUT2D eigenvalue weighted by Gasteiger charge is 2.33. The monoisotopic (exact) mass is 198 g/mol. The first-order valence-corrected chi connectivity index (χ1v) is 5.59. The fourth-order valence-corrected chi connectivity index (χ4v) is 1.61. The van der Waals surface area contributed by atoms with Gasteiger partial charge in [-0.25, -0.2) is 0 Å². The van der Waals surface area contributed by atoms with E-state index in [1.807, 2.05) is 11.9 Å². The lowest BCUT2D eigenvalue weighted by atomic mass is 10.3. The third kappa shape index (κ3) is 3.66. The van der Waals surface area contributed by atoms with Crippen molar-refractivity contribution in [2.45, 2.75) is 26.7 Å². The summed E-state index contributed by atoms with van der Waals surface area (Å²) in [6.45, 7) is 6.71. The number of carbonyl (C=O) groups is 1. The Morgan fingerprint density at radius 3 is 2.71 bits per heavy atom. The summed E-state index contributed by atoms with van der Waals surface area (Å²) in [6.07, 6.45) is 2.37. The number of hydrogen-bond acceptors (Lipinski definition) is 2. The molecule has 0 spiro atoms. The number of rotatable bonds is 6. The van der Waals surface area contributed by atoms with Gasteiger partial charge in [0.25, 0.3) is 0 Å². The molecule has 1 amide bonds. The average molecular weight is 198 g/mol. The first-order chi connectivity index (χ1) is 6.65. The van der Waals surface area contributed by atoms with Crippen LogP contribution in [0.4, 0.5) is 0 Å². The van der Waals surface area contributed by atoms with Crippen molar-refractivity contribution in [1.29, 1.82) is 0 Å². The Labute approximate surface area is 86.9 Å². The van der Waals surface area contributed by atoms with Gasteiger partial charge in [0, 0.05) is 13.6 Å². The van der Waals surface area contributed by atoms with Crippen LogP contribution in [-0.2, 0) is 4.79 Å². The summed E-state index contributed by atoms with van der Waals surface area (Å²) in [7, 11) is 1.90. The Bertz CT molecular complexity index is 194. The first kappa shape index (κ1) is 11.5. The maximum atomic E-state index is 11.6. The molecule has 1 N–H and O–H groups in total. The molecule has 3 nitrogen and oxygen atoms in total. The fourth-order valence-electron chi connectivity index (χ4n) is 1.61. The molecule has 14 heavy (non-hydrogen) atoms. The second-order valence-corrected chi connectivity index (χ2v) is 4.42. The van der Waals surface area contributed by atoms with Crippen molar-refractivity contribution in [1.82, 2.24) is 10.2 Å². The number of nitrogens with one attached hydrogen (secondary N) is 1. The number of carbonyl (C=O) groups excluding carboxylic acids is 1. The minimum absolute atomic E-state index is 0.220. The zero-order valence-corrected chi connectivity index (χ0v) is 9.55. The largest absolute Gasteiger partial charge is 0.344 e. The summed E-state index contributed by atoms with van der Waals surface area (Å²) in [4.78, 5) is 13.4. The summed E-state index contributed by atoms with van der Waals surface area (Å²) in [6, 6.07) is 0. The molecule has 1 aliphatic carbocycles. The summed E-state index contributed by atoms with van der Waals surface area (Å²) in [5.74, 6) is 1.81. The zero-order chi connectivity index (χ0) is 10.6. The zero-order valence-electron chi connectivity index (χ0n) is 9.55. The van der Waals surface area contributed by atoms with Crippen molar-refractivity contribution in [2.24, 2.45) is 11.8 Å². The van der Waals surface area contributed by atoms with E-state index in [9.17, 15) is 4.79 Å². The van der Waals surface area contributed by atoms with Crippen molar-refractivity contribution < 1.29 is 4.79 Å². The Morgan fingerprint density at radius 2 is 2.21 bits per heavy atom. The Hall–Kier alpha value is -0.570. The van der Waals surface area contributed by atoms with Crippen molar-refractivity contribution in [3.05, 3.63) is 0 Å². The van der Waals surface area contributed by atoms with Gasteiger partial charge >= 0.3 is 0 Å². The smallest absolute Gasteiger partial charge is 0.236 e. The molecule has 1 aliphatic rings. The van der Waals surface area contributed by atoms with Crippen LogP contribution in [0, 0.1) is 11.8 Å². The lowest BCUT2D eigenvalue weighted by Crippen LogP contribution is -2.37. The van der Waals surface area contributed by atoms with E-state index < -0.39 is 0 Å². The van der Waals surface area contributed by atoms with Gasteiger partial charge in [-0.2, -0.15) is 0 Å². The molecule has 0 aromatic carbocycles. The number of amides is 1. The minimum Gasteiger partial charge on any atom is -0.344 e. The molecule has 0 aliphatic heterocycles. The lowest BCUT2D eigenvalue weighted by Gasteiger charge is -2.17. The van der Waals surface area contributed by atoms with E-state index in [-0.39, 0.29) is 5.91 Å². The van der Waals surface area contributed by atoms with E-state index in [2.05, 4.69) is 19.2 Å². The molecule has 0 saturated heterocycles. The fraction of sp³-hybridized carbons (Fsp3) is 0.909. The number of hydrogen-bond donors (Lipinski definition) is 1. The number of nitrogens with zero attached hydrogens (tertiary/aromatic N) is 1. The second-order valence-electron chi connectivity index (χ2n) is 4.42. The van der Waals surface area contributed by atoms with E-state index in [4.69, 9.17) is 0 Å². The lowest BCUT2D eigenvalue weighted by molar-refractivity contribution is -0.129. The highest BCUT2D eigenvalue weighted by molar-refractivity contribution is 5.77. The van der Waals surface area contributed by atoms with Gasteiger partial charge in [-0.3, -0.25) is 4.79 Å². The first-order valence-electron chi connectivity index (χ1n) is 5.59. The third-order valence-corrected chi connectivity index (χ3v) is 2.91. The molecule has 2 atom stereocenters. The SMILES string of the molecule is CCCNCC(=O)N(C)CC1CC1C. The maximum absolute atomic E-state index is 11.6. The number of likely N-dealkylation sites (N-methyl/N-ethyl adjacent to an activating group) is 1. The van der Waals surface area contributed by atoms with E-state index in [0.717, 1.165) is 31.3 Å². The van der Waals surface area contributed by atoms with Crippen LogP contribution < -0.4 is 5.32 Å². The standard InChI is InChI=1S/C11H22N2O/c1-4-5-12-7-11(14)13(3)8-10-6-9(10)2/h9-10,12H,4-8H2,1-3H3. The van der Waals surface area contributed by atoms with Gasteiger partial charge < -0.3 is 10.2 Å². The Kier molecular flexibility index (Phi) is 4.39. The molecule has 1 fully saturated rings. The van der Waals surface area contributed by atoms with Crippen LogP contribution in [0.25, 0.3) is 0 Å². The third-order valence-electron chi connectivity index (χ3n) is 2.91. The van der Waals surface area contributed by atoms with Crippen molar-refractivity contribution in [3.8, 4) is 0 Å². The van der Waals surface area contributed by atoms with Crippen LogP contribution in [0.5, 0.6) is 0 Å². The van der Waals surface area contributed by atoms with Crippen LogP contribution in [0.15, 0.2) is 0 Å². The molecule has 0 radical (unpaired) electrons. The highest BCUT2D eigenvalue weighted by Crippen LogP contribution is 2.37. The normalized spacial score (nSPS) is 24.8. The molecular formula is C11H22N2O.